The second kappa shape index (κ2) is 7.13. The molecule has 5 nitrogen and oxygen atoms in total. The fourth-order valence-corrected chi connectivity index (χ4v) is 2.65. The highest BCUT2D eigenvalue weighted by Crippen LogP contribution is 2.37. The van der Waals surface area contributed by atoms with Crippen LogP contribution < -0.4 is 14.9 Å². The first-order valence-electron chi connectivity index (χ1n) is 8.41. The summed E-state index contributed by atoms with van der Waals surface area (Å²) in [5, 5.41) is -0.233. The Labute approximate surface area is 165 Å². The maximum absolute atomic E-state index is 12.3. The largest absolute Gasteiger partial charge is 0.573 e. The summed E-state index contributed by atoms with van der Waals surface area (Å²) < 4.78 is 58.1. The van der Waals surface area contributed by atoms with Gasteiger partial charge in [-0.25, -0.2) is 4.98 Å². The van der Waals surface area contributed by atoms with Gasteiger partial charge in [0.25, 0.3) is 0 Å². The third kappa shape index (κ3) is 4.53. The number of hydrogen-bond acceptors (Lipinski definition) is 5. The minimum absolute atomic E-state index is 0.218. The molecule has 0 saturated carbocycles. The van der Waals surface area contributed by atoms with Crippen LogP contribution in [0, 0.1) is 0 Å². The van der Waals surface area contributed by atoms with E-state index in [2.05, 4.69) is 9.72 Å². The van der Waals surface area contributed by atoms with Crippen molar-refractivity contribution in [2.24, 2.45) is 0 Å². The summed E-state index contributed by atoms with van der Waals surface area (Å²) in [4.78, 5) is 4.19. The molecule has 150 valence electrons. The van der Waals surface area contributed by atoms with E-state index < -0.39 is 30.4 Å². The van der Waals surface area contributed by atoms with Gasteiger partial charge < -0.3 is 18.8 Å². The normalized spacial score (nSPS) is 18.2. The van der Waals surface area contributed by atoms with Crippen LogP contribution >= 0.6 is 11.6 Å². The molecular weight excluding hydrogens is 397 g/mol. The summed E-state index contributed by atoms with van der Waals surface area (Å²) in [6, 6.07) is 6.94. The van der Waals surface area contributed by atoms with E-state index in [1.807, 2.05) is 27.7 Å². The third-order valence-corrected chi connectivity index (χ3v) is 4.93. The molecule has 2 heterocycles. The molecule has 0 bridgehead atoms. The van der Waals surface area contributed by atoms with Crippen molar-refractivity contribution in [3.63, 3.8) is 0 Å². The summed E-state index contributed by atoms with van der Waals surface area (Å²) in [6.07, 6.45) is -3.27. The molecule has 1 aromatic heterocycles. The van der Waals surface area contributed by atoms with Gasteiger partial charge in [0, 0.05) is 23.8 Å². The number of rotatable bonds is 4. The van der Waals surface area contributed by atoms with Gasteiger partial charge in [-0.3, -0.25) is 0 Å². The van der Waals surface area contributed by atoms with Gasteiger partial charge >= 0.3 is 13.5 Å². The van der Waals surface area contributed by atoms with Crippen LogP contribution in [0.3, 0.4) is 0 Å². The van der Waals surface area contributed by atoms with E-state index in [4.69, 9.17) is 25.6 Å². The molecular formula is C18H18BClF3NO4. The lowest BCUT2D eigenvalue weighted by Crippen LogP contribution is -2.41. The predicted molar refractivity (Wildman–Crippen MR) is 98.2 cm³/mol. The molecule has 1 fully saturated rings. The highest BCUT2D eigenvalue weighted by atomic mass is 35.5. The van der Waals surface area contributed by atoms with Crippen LogP contribution in [0.5, 0.6) is 17.4 Å². The van der Waals surface area contributed by atoms with Crippen molar-refractivity contribution in [2.45, 2.75) is 45.3 Å². The number of benzene rings is 1. The quantitative estimate of drug-likeness (QED) is 0.676. The topological polar surface area (TPSA) is 49.8 Å². The number of hydrogen-bond donors (Lipinski definition) is 0. The molecule has 0 aliphatic carbocycles. The standard InChI is InChI=1S/C18H18BClF3NO4/c1-16(2)17(3,4)28-19(27-16)11-5-8-15(24-10-11)25-12-6-7-14(13(20)9-12)26-18(21,22)23/h5-10H,1-4H3. The number of aromatic nitrogens is 1. The molecule has 0 atom stereocenters. The Balaban J connectivity index is 1.69. The maximum atomic E-state index is 12.3. The molecule has 2 aromatic rings. The van der Waals surface area contributed by atoms with Gasteiger partial charge in [0.2, 0.25) is 5.88 Å². The zero-order valence-electron chi connectivity index (χ0n) is 15.6. The zero-order chi connectivity index (χ0) is 20.7. The van der Waals surface area contributed by atoms with Crippen molar-refractivity contribution in [3.05, 3.63) is 41.6 Å². The molecule has 28 heavy (non-hydrogen) atoms. The van der Waals surface area contributed by atoms with Crippen LogP contribution in [0.25, 0.3) is 0 Å². The lowest BCUT2D eigenvalue weighted by atomic mass is 9.80. The lowest BCUT2D eigenvalue weighted by Gasteiger charge is -2.32. The Morgan fingerprint density at radius 1 is 1.04 bits per heavy atom. The zero-order valence-corrected chi connectivity index (χ0v) is 16.4. The van der Waals surface area contributed by atoms with Crippen LogP contribution in [-0.2, 0) is 9.31 Å². The van der Waals surface area contributed by atoms with Crippen molar-refractivity contribution in [1.82, 2.24) is 4.98 Å². The molecule has 0 unspecified atom stereocenters. The Kier molecular flexibility index (Phi) is 5.29. The van der Waals surface area contributed by atoms with E-state index in [9.17, 15) is 13.2 Å². The van der Waals surface area contributed by atoms with Gasteiger partial charge in [0.05, 0.1) is 16.2 Å². The molecule has 1 aromatic carbocycles. The van der Waals surface area contributed by atoms with E-state index in [0.29, 0.717) is 0 Å². The second-order valence-electron chi connectivity index (χ2n) is 7.26. The number of pyridine rings is 1. The smallest absolute Gasteiger partial charge is 0.439 e. The van der Waals surface area contributed by atoms with Crippen LogP contribution in [0.15, 0.2) is 36.5 Å². The molecule has 3 rings (SSSR count). The monoisotopic (exact) mass is 415 g/mol. The summed E-state index contributed by atoms with van der Waals surface area (Å²) in [5.74, 6) is -0.0539. The molecule has 0 spiro atoms. The highest BCUT2D eigenvalue weighted by Gasteiger charge is 2.51. The van der Waals surface area contributed by atoms with Crippen LogP contribution in [-0.4, -0.2) is 29.7 Å². The molecule has 0 amide bonds. The number of ether oxygens (including phenoxy) is 2. The summed E-state index contributed by atoms with van der Waals surface area (Å²) in [7, 11) is -0.556. The van der Waals surface area contributed by atoms with E-state index in [0.717, 1.165) is 11.5 Å². The van der Waals surface area contributed by atoms with Crippen LogP contribution in [0.1, 0.15) is 27.7 Å². The van der Waals surface area contributed by atoms with E-state index in [1.54, 1.807) is 18.3 Å². The Morgan fingerprint density at radius 2 is 1.68 bits per heavy atom. The molecule has 1 saturated heterocycles. The minimum atomic E-state index is -4.82. The van der Waals surface area contributed by atoms with E-state index in [1.165, 1.54) is 12.1 Å². The van der Waals surface area contributed by atoms with Crippen LogP contribution in [0.2, 0.25) is 5.02 Å². The Hall–Kier alpha value is -1.97. The lowest BCUT2D eigenvalue weighted by molar-refractivity contribution is -0.274. The molecule has 1 aliphatic rings. The minimum Gasteiger partial charge on any atom is -0.439 e. The average molecular weight is 416 g/mol. The Morgan fingerprint density at radius 3 is 2.18 bits per heavy atom. The highest BCUT2D eigenvalue weighted by molar-refractivity contribution is 6.62. The van der Waals surface area contributed by atoms with Gasteiger partial charge in [-0.1, -0.05) is 17.7 Å². The first-order chi connectivity index (χ1) is 12.9. The van der Waals surface area contributed by atoms with Gasteiger partial charge in [-0.05, 0) is 39.8 Å². The number of halogens is 4. The van der Waals surface area contributed by atoms with Crippen molar-refractivity contribution < 1.29 is 32.0 Å². The van der Waals surface area contributed by atoms with Crippen molar-refractivity contribution in [3.8, 4) is 17.4 Å². The van der Waals surface area contributed by atoms with Crippen molar-refractivity contribution in [1.29, 1.82) is 0 Å². The molecule has 0 radical (unpaired) electrons. The Bertz CT molecular complexity index is 843. The maximum Gasteiger partial charge on any atom is 0.573 e. The van der Waals surface area contributed by atoms with E-state index >= 15 is 0 Å². The summed E-state index contributed by atoms with van der Waals surface area (Å²) >= 11 is 5.81. The van der Waals surface area contributed by atoms with E-state index in [-0.39, 0.29) is 16.7 Å². The second-order valence-corrected chi connectivity index (χ2v) is 7.67. The fourth-order valence-electron chi connectivity index (χ4n) is 2.44. The van der Waals surface area contributed by atoms with Gasteiger partial charge in [-0.2, -0.15) is 0 Å². The third-order valence-electron chi connectivity index (χ3n) is 4.64. The van der Waals surface area contributed by atoms with Gasteiger partial charge in [0.1, 0.15) is 11.5 Å². The van der Waals surface area contributed by atoms with Crippen molar-refractivity contribution in [2.75, 3.05) is 0 Å². The van der Waals surface area contributed by atoms with Crippen LogP contribution in [0.4, 0.5) is 13.2 Å². The molecule has 10 heteroatoms. The van der Waals surface area contributed by atoms with Gasteiger partial charge in [0.15, 0.2) is 0 Å². The van der Waals surface area contributed by atoms with Gasteiger partial charge in [-0.15, -0.1) is 13.2 Å². The average Bonchev–Trinajstić information content (AvgIpc) is 2.78. The molecule has 1 aliphatic heterocycles. The predicted octanol–water partition coefficient (Wildman–Crippen LogP) is 4.73. The fraction of sp³-hybridized carbons (Fsp3) is 0.389. The SMILES string of the molecule is CC1(C)OB(c2ccc(Oc3ccc(OC(F)(F)F)c(Cl)c3)nc2)OC1(C)C. The number of nitrogens with zero attached hydrogens (tertiary/aromatic N) is 1. The number of alkyl halides is 3. The van der Waals surface area contributed by atoms with Crippen molar-refractivity contribution >= 4 is 24.2 Å². The first kappa shape index (κ1) is 20.8. The first-order valence-corrected chi connectivity index (χ1v) is 8.79. The molecule has 0 N–H and O–H groups in total. The summed E-state index contributed by atoms with van der Waals surface area (Å²) in [5.41, 5.74) is -0.217. The summed E-state index contributed by atoms with van der Waals surface area (Å²) in [6.45, 7) is 7.81.